The largest absolute Gasteiger partial charge is 0.478 e. The van der Waals surface area contributed by atoms with Crippen molar-refractivity contribution in [1.29, 1.82) is 0 Å². The van der Waals surface area contributed by atoms with Crippen molar-refractivity contribution in [2.45, 2.75) is 13.3 Å². The van der Waals surface area contributed by atoms with Crippen LogP contribution in [0, 0.1) is 6.92 Å². The molecule has 0 radical (unpaired) electrons. The summed E-state index contributed by atoms with van der Waals surface area (Å²) in [7, 11) is 0. The maximum Gasteiger partial charge on any atom is 0.335 e. The van der Waals surface area contributed by atoms with E-state index < -0.39 is 5.97 Å². The van der Waals surface area contributed by atoms with Crippen molar-refractivity contribution in [2.24, 2.45) is 0 Å². The van der Waals surface area contributed by atoms with Crippen molar-refractivity contribution in [3.05, 3.63) is 63.6 Å². The minimum Gasteiger partial charge on any atom is -0.478 e. The minimum absolute atomic E-state index is 0.0222. The van der Waals surface area contributed by atoms with Gasteiger partial charge in [-0.1, -0.05) is 40.2 Å². The molecule has 0 heterocycles. The number of amides is 1. The van der Waals surface area contributed by atoms with E-state index in [-0.39, 0.29) is 17.9 Å². The van der Waals surface area contributed by atoms with Gasteiger partial charge in [0.15, 0.2) is 0 Å². The highest BCUT2D eigenvalue weighted by molar-refractivity contribution is 9.10. The van der Waals surface area contributed by atoms with Crippen LogP contribution in [0.15, 0.2) is 46.9 Å². The summed E-state index contributed by atoms with van der Waals surface area (Å²) >= 11 is 3.40. The van der Waals surface area contributed by atoms with E-state index in [1.165, 1.54) is 6.07 Å². The SMILES string of the molecule is Cc1c(Br)cccc1NC(=O)Cc1ccccc1C(=O)O. The van der Waals surface area contributed by atoms with Gasteiger partial charge in [-0.3, -0.25) is 4.79 Å². The first-order valence-electron chi connectivity index (χ1n) is 6.35. The summed E-state index contributed by atoms with van der Waals surface area (Å²) in [4.78, 5) is 23.2. The van der Waals surface area contributed by atoms with Crippen LogP contribution in [-0.2, 0) is 11.2 Å². The van der Waals surface area contributed by atoms with Gasteiger partial charge in [0.2, 0.25) is 5.91 Å². The number of carbonyl (C=O) groups is 2. The molecule has 5 heteroatoms. The van der Waals surface area contributed by atoms with Gasteiger partial charge in [0, 0.05) is 10.2 Å². The lowest BCUT2D eigenvalue weighted by Gasteiger charge is -2.10. The molecule has 0 bridgehead atoms. The van der Waals surface area contributed by atoms with Crippen molar-refractivity contribution in [3.8, 4) is 0 Å². The highest BCUT2D eigenvalue weighted by Crippen LogP contribution is 2.23. The van der Waals surface area contributed by atoms with Gasteiger partial charge in [0.1, 0.15) is 0 Å². The van der Waals surface area contributed by atoms with Crippen molar-refractivity contribution in [1.82, 2.24) is 0 Å². The second kappa shape index (κ2) is 6.54. The Balaban J connectivity index is 2.16. The van der Waals surface area contributed by atoms with Crippen LogP contribution in [-0.4, -0.2) is 17.0 Å². The van der Waals surface area contributed by atoms with Crippen molar-refractivity contribution >= 4 is 33.5 Å². The minimum atomic E-state index is -1.03. The fourth-order valence-electron chi connectivity index (χ4n) is 1.99. The van der Waals surface area contributed by atoms with Crippen LogP contribution in [0.3, 0.4) is 0 Å². The molecule has 1 amide bonds. The first kappa shape index (κ1) is 15.3. The van der Waals surface area contributed by atoms with Crippen molar-refractivity contribution in [2.75, 3.05) is 5.32 Å². The lowest BCUT2D eigenvalue weighted by Crippen LogP contribution is -2.17. The number of aromatic carboxylic acids is 1. The molecular weight excluding hydrogens is 334 g/mol. The van der Waals surface area contributed by atoms with E-state index in [4.69, 9.17) is 5.11 Å². The molecule has 0 saturated carbocycles. The third-order valence-electron chi connectivity index (χ3n) is 3.14. The number of carbonyl (C=O) groups excluding carboxylic acids is 1. The predicted molar refractivity (Wildman–Crippen MR) is 84.6 cm³/mol. The Morgan fingerprint density at radius 1 is 1.14 bits per heavy atom. The van der Waals surface area contributed by atoms with E-state index in [1.807, 2.05) is 19.1 Å². The molecule has 0 fully saturated rings. The van der Waals surface area contributed by atoms with Crippen LogP contribution >= 0.6 is 15.9 Å². The summed E-state index contributed by atoms with van der Waals surface area (Å²) in [5.41, 5.74) is 2.29. The topological polar surface area (TPSA) is 66.4 Å². The molecule has 0 saturated heterocycles. The van der Waals surface area contributed by atoms with Gasteiger partial charge < -0.3 is 10.4 Å². The Bertz CT molecular complexity index is 698. The van der Waals surface area contributed by atoms with Gasteiger partial charge in [-0.05, 0) is 36.2 Å². The molecular formula is C16H14BrNO3. The number of anilines is 1. The van der Waals surface area contributed by atoms with Crippen LogP contribution in [0.5, 0.6) is 0 Å². The second-order valence-corrected chi connectivity index (χ2v) is 5.45. The number of rotatable bonds is 4. The second-order valence-electron chi connectivity index (χ2n) is 4.60. The number of hydrogen-bond acceptors (Lipinski definition) is 2. The first-order valence-corrected chi connectivity index (χ1v) is 7.14. The van der Waals surface area contributed by atoms with Crippen molar-refractivity contribution in [3.63, 3.8) is 0 Å². The lowest BCUT2D eigenvalue weighted by atomic mass is 10.0. The summed E-state index contributed by atoms with van der Waals surface area (Å²) in [5, 5.41) is 11.9. The predicted octanol–water partition coefficient (Wildman–Crippen LogP) is 3.64. The Hall–Kier alpha value is -2.14. The molecule has 2 aromatic rings. The highest BCUT2D eigenvalue weighted by Gasteiger charge is 2.13. The third-order valence-corrected chi connectivity index (χ3v) is 4.00. The zero-order valence-corrected chi connectivity index (χ0v) is 13.0. The Kier molecular flexibility index (Phi) is 4.75. The molecule has 0 aliphatic rings. The van der Waals surface area contributed by atoms with E-state index in [0.717, 1.165) is 10.0 Å². The summed E-state index contributed by atoms with van der Waals surface area (Å²) in [6.07, 6.45) is 0.0222. The maximum absolute atomic E-state index is 12.1. The number of benzene rings is 2. The fourth-order valence-corrected chi connectivity index (χ4v) is 2.36. The fraction of sp³-hybridized carbons (Fsp3) is 0.125. The van der Waals surface area contributed by atoms with Crippen LogP contribution in [0.2, 0.25) is 0 Å². The standard InChI is InChI=1S/C16H14BrNO3/c1-10-13(17)7-4-8-14(10)18-15(19)9-11-5-2-3-6-12(11)16(20)21/h2-8H,9H2,1H3,(H,18,19)(H,20,21). The quantitative estimate of drug-likeness (QED) is 0.887. The molecule has 0 unspecified atom stereocenters. The van der Waals surface area contributed by atoms with Gasteiger partial charge in [-0.25, -0.2) is 4.79 Å². The average Bonchev–Trinajstić information content (AvgIpc) is 2.44. The maximum atomic E-state index is 12.1. The molecule has 4 nitrogen and oxygen atoms in total. The molecule has 108 valence electrons. The third kappa shape index (κ3) is 3.70. The van der Waals surface area contributed by atoms with E-state index in [9.17, 15) is 9.59 Å². The van der Waals surface area contributed by atoms with E-state index in [2.05, 4.69) is 21.2 Å². The normalized spacial score (nSPS) is 10.2. The molecule has 21 heavy (non-hydrogen) atoms. The molecule has 0 atom stereocenters. The molecule has 2 rings (SSSR count). The molecule has 0 aliphatic carbocycles. The molecule has 2 N–H and O–H groups in total. The Morgan fingerprint density at radius 2 is 1.86 bits per heavy atom. The van der Waals surface area contributed by atoms with Crippen LogP contribution < -0.4 is 5.32 Å². The lowest BCUT2D eigenvalue weighted by molar-refractivity contribution is -0.115. The zero-order chi connectivity index (χ0) is 15.4. The van der Waals surface area contributed by atoms with Crippen LogP contribution in [0.4, 0.5) is 5.69 Å². The van der Waals surface area contributed by atoms with Gasteiger partial charge in [-0.2, -0.15) is 0 Å². The Morgan fingerprint density at radius 3 is 2.57 bits per heavy atom. The number of carboxylic acids is 1. The molecule has 0 aliphatic heterocycles. The molecule has 0 aromatic heterocycles. The monoisotopic (exact) mass is 347 g/mol. The smallest absolute Gasteiger partial charge is 0.335 e. The van der Waals surface area contributed by atoms with Crippen molar-refractivity contribution < 1.29 is 14.7 Å². The summed E-state index contributed by atoms with van der Waals surface area (Å²) < 4.78 is 0.909. The Labute approximate surface area is 130 Å². The summed E-state index contributed by atoms with van der Waals surface area (Å²) in [6, 6.07) is 12.0. The summed E-state index contributed by atoms with van der Waals surface area (Å²) in [6.45, 7) is 1.89. The van der Waals surface area contributed by atoms with Gasteiger partial charge in [-0.15, -0.1) is 0 Å². The highest BCUT2D eigenvalue weighted by atomic mass is 79.9. The number of halogens is 1. The van der Waals surface area contributed by atoms with Gasteiger partial charge in [0.25, 0.3) is 0 Å². The number of hydrogen-bond donors (Lipinski definition) is 2. The van der Waals surface area contributed by atoms with E-state index >= 15 is 0 Å². The number of nitrogens with one attached hydrogen (secondary N) is 1. The first-order chi connectivity index (χ1) is 9.99. The number of carboxylic acid groups (broad SMARTS) is 1. The molecule has 2 aromatic carbocycles. The summed E-state index contributed by atoms with van der Waals surface area (Å²) in [5.74, 6) is -1.28. The van der Waals surface area contributed by atoms with Gasteiger partial charge >= 0.3 is 5.97 Å². The van der Waals surface area contributed by atoms with Gasteiger partial charge in [0.05, 0.1) is 12.0 Å². The van der Waals surface area contributed by atoms with Crippen LogP contribution in [0.1, 0.15) is 21.5 Å². The van der Waals surface area contributed by atoms with E-state index in [0.29, 0.717) is 11.3 Å². The zero-order valence-electron chi connectivity index (χ0n) is 11.4. The average molecular weight is 348 g/mol. The van der Waals surface area contributed by atoms with Crippen LogP contribution in [0.25, 0.3) is 0 Å². The van der Waals surface area contributed by atoms with E-state index in [1.54, 1.807) is 24.3 Å². The molecule has 0 spiro atoms.